The molecule has 112 valence electrons. The maximum Gasteiger partial charge on any atom is 0.115 e. The van der Waals surface area contributed by atoms with Crippen molar-refractivity contribution in [3.8, 4) is 0 Å². The van der Waals surface area contributed by atoms with Crippen LogP contribution in [0.1, 0.15) is 44.4 Å². The Kier molecular flexibility index (Phi) is 5.58. The van der Waals surface area contributed by atoms with Crippen molar-refractivity contribution >= 4 is 0 Å². The van der Waals surface area contributed by atoms with Gasteiger partial charge in [-0.1, -0.05) is 67.6 Å². The third kappa shape index (κ3) is 3.54. The van der Waals surface area contributed by atoms with Crippen LogP contribution >= 0.6 is 0 Å². The number of benzene rings is 2. The number of rotatable bonds is 7. The molecule has 21 heavy (non-hydrogen) atoms. The van der Waals surface area contributed by atoms with Gasteiger partial charge in [-0.3, -0.25) is 0 Å². The number of nitrogens with zero attached hydrogens (tertiary/aromatic N) is 1. The Balaban J connectivity index is 2.35. The summed E-state index contributed by atoms with van der Waals surface area (Å²) in [4.78, 5) is 0. The van der Waals surface area contributed by atoms with Crippen molar-refractivity contribution in [2.24, 2.45) is 0 Å². The molecule has 0 bridgehead atoms. The number of hydrogen-bond acceptors (Lipinski definition) is 0. The van der Waals surface area contributed by atoms with Gasteiger partial charge in [0.15, 0.2) is 0 Å². The van der Waals surface area contributed by atoms with Gasteiger partial charge in [0.1, 0.15) is 12.6 Å². The highest BCUT2D eigenvalue weighted by molar-refractivity contribution is 5.18. The first-order valence-electron chi connectivity index (χ1n) is 8.20. The maximum absolute atomic E-state index is 2.33. The molecule has 0 saturated heterocycles. The minimum Gasteiger partial charge on any atom is -0.314 e. The van der Waals surface area contributed by atoms with Crippen molar-refractivity contribution in [3.05, 3.63) is 71.8 Å². The van der Waals surface area contributed by atoms with Crippen LogP contribution in [0.5, 0.6) is 0 Å². The lowest BCUT2D eigenvalue weighted by Gasteiger charge is -2.44. The lowest BCUT2D eigenvalue weighted by Crippen LogP contribution is -2.49. The maximum atomic E-state index is 2.33. The fourth-order valence-electron chi connectivity index (χ4n) is 3.56. The smallest absolute Gasteiger partial charge is 0.115 e. The van der Waals surface area contributed by atoms with Crippen molar-refractivity contribution in [2.45, 2.75) is 39.8 Å². The second kappa shape index (κ2) is 7.42. The fourth-order valence-corrected chi connectivity index (χ4v) is 3.56. The Morgan fingerprint density at radius 1 is 0.762 bits per heavy atom. The third-order valence-corrected chi connectivity index (χ3v) is 4.83. The molecule has 0 aromatic heterocycles. The normalized spacial score (nSPS) is 13.1. The Morgan fingerprint density at radius 3 is 1.76 bits per heavy atom. The zero-order valence-corrected chi connectivity index (χ0v) is 13.6. The highest BCUT2D eigenvalue weighted by Crippen LogP contribution is 2.33. The molecule has 0 amide bonds. The van der Waals surface area contributed by atoms with E-state index in [4.69, 9.17) is 0 Å². The third-order valence-electron chi connectivity index (χ3n) is 4.83. The van der Waals surface area contributed by atoms with E-state index in [9.17, 15) is 0 Å². The van der Waals surface area contributed by atoms with Crippen molar-refractivity contribution in [1.29, 1.82) is 0 Å². The van der Waals surface area contributed by atoms with Crippen LogP contribution in [0, 0.1) is 0 Å². The van der Waals surface area contributed by atoms with Gasteiger partial charge in [-0.25, -0.2) is 0 Å². The summed E-state index contributed by atoms with van der Waals surface area (Å²) < 4.78 is 1.13. The molecule has 1 atom stereocenters. The van der Waals surface area contributed by atoms with E-state index < -0.39 is 0 Å². The van der Waals surface area contributed by atoms with Gasteiger partial charge in [-0.2, -0.15) is 0 Å². The molecule has 0 aliphatic rings. The van der Waals surface area contributed by atoms with E-state index in [2.05, 4.69) is 81.4 Å². The van der Waals surface area contributed by atoms with E-state index in [1.165, 1.54) is 30.6 Å². The van der Waals surface area contributed by atoms with E-state index in [0.717, 1.165) is 11.0 Å². The Hall–Kier alpha value is -1.60. The zero-order valence-electron chi connectivity index (χ0n) is 13.6. The molecule has 2 aromatic carbocycles. The molecule has 0 heterocycles. The first-order valence-corrected chi connectivity index (χ1v) is 8.20. The van der Waals surface area contributed by atoms with Crippen molar-refractivity contribution in [1.82, 2.24) is 0 Å². The summed E-state index contributed by atoms with van der Waals surface area (Å²) in [6.45, 7) is 10.4. The molecule has 2 rings (SSSR count). The monoisotopic (exact) mass is 282 g/mol. The second-order valence-electron chi connectivity index (χ2n) is 5.83. The molecule has 0 spiro atoms. The Labute approximate surface area is 129 Å². The van der Waals surface area contributed by atoms with Gasteiger partial charge in [-0.15, -0.1) is 0 Å². The van der Waals surface area contributed by atoms with E-state index >= 15 is 0 Å². The van der Waals surface area contributed by atoms with Crippen LogP contribution < -0.4 is 0 Å². The van der Waals surface area contributed by atoms with Gasteiger partial charge >= 0.3 is 0 Å². The minimum atomic E-state index is 0.571. The van der Waals surface area contributed by atoms with Gasteiger partial charge < -0.3 is 4.48 Å². The molecule has 1 unspecified atom stereocenters. The highest BCUT2D eigenvalue weighted by Gasteiger charge is 2.33. The quantitative estimate of drug-likeness (QED) is 0.613. The SMILES string of the molecule is CCC(c1ccccc1)[N+](CC)(CC)Cc1ccccc1. The summed E-state index contributed by atoms with van der Waals surface area (Å²) in [6.07, 6.45) is 1.18. The lowest BCUT2D eigenvalue weighted by molar-refractivity contribution is -0.966. The standard InChI is InChI=1S/C20H28N/c1-4-20(19-15-11-8-12-16-19)21(5-2,6-3)17-18-13-9-7-10-14-18/h7-16,20H,4-6,17H2,1-3H3/q+1. The molecule has 0 N–H and O–H groups in total. The summed E-state index contributed by atoms with van der Waals surface area (Å²) in [5.74, 6) is 0. The van der Waals surface area contributed by atoms with E-state index in [-0.39, 0.29) is 0 Å². The fraction of sp³-hybridized carbons (Fsp3) is 0.400. The zero-order chi connectivity index (χ0) is 15.1. The van der Waals surface area contributed by atoms with Crippen LogP contribution in [-0.2, 0) is 6.54 Å². The molecule has 0 radical (unpaired) electrons. The largest absolute Gasteiger partial charge is 0.314 e. The van der Waals surface area contributed by atoms with Crippen molar-refractivity contribution in [2.75, 3.05) is 13.1 Å². The van der Waals surface area contributed by atoms with Gasteiger partial charge in [0.25, 0.3) is 0 Å². The molecule has 2 aromatic rings. The summed E-state index contributed by atoms with van der Waals surface area (Å²) in [7, 11) is 0. The topological polar surface area (TPSA) is 0 Å². The summed E-state index contributed by atoms with van der Waals surface area (Å²) in [5, 5.41) is 0. The van der Waals surface area contributed by atoms with Gasteiger partial charge in [0, 0.05) is 17.5 Å². The second-order valence-corrected chi connectivity index (χ2v) is 5.83. The van der Waals surface area contributed by atoms with Crippen LogP contribution in [0.4, 0.5) is 0 Å². The molecule has 1 heteroatoms. The predicted octanol–water partition coefficient (Wildman–Crippen LogP) is 5.19. The van der Waals surface area contributed by atoms with Crippen LogP contribution in [0.3, 0.4) is 0 Å². The Bertz CT molecular complexity index is 514. The van der Waals surface area contributed by atoms with Crippen LogP contribution in [0.25, 0.3) is 0 Å². The van der Waals surface area contributed by atoms with E-state index in [0.29, 0.717) is 6.04 Å². The first-order chi connectivity index (χ1) is 10.3. The average molecular weight is 282 g/mol. The molecule has 0 aliphatic carbocycles. The summed E-state index contributed by atoms with van der Waals surface area (Å²) >= 11 is 0. The van der Waals surface area contributed by atoms with Crippen LogP contribution in [0.2, 0.25) is 0 Å². The highest BCUT2D eigenvalue weighted by atomic mass is 15.4. The van der Waals surface area contributed by atoms with Crippen molar-refractivity contribution < 1.29 is 4.48 Å². The molecular formula is C20H28N+. The van der Waals surface area contributed by atoms with Gasteiger partial charge in [-0.05, 0) is 13.8 Å². The molecular weight excluding hydrogens is 254 g/mol. The molecule has 0 fully saturated rings. The summed E-state index contributed by atoms with van der Waals surface area (Å²) in [5.41, 5.74) is 2.91. The summed E-state index contributed by atoms with van der Waals surface area (Å²) in [6, 6.07) is 22.5. The molecule has 1 nitrogen and oxygen atoms in total. The first kappa shape index (κ1) is 15.8. The minimum absolute atomic E-state index is 0.571. The van der Waals surface area contributed by atoms with Gasteiger partial charge in [0.05, 0.1) is 13.1 Å². The van der Waals surface area contributed by atoms with Crippen LogP contribution in [-0.4, -0.2) is 17.6 Å². The Morgan fingerprint density at radius 2 is 1.29 bits per heavy atom. The average Bonchev–Trinajstić information content (AvgIpc) is 2.56. The van der Waals surface area contributed by atoms with E-state index in [1.807, 2.05) is 0 Å². The molecule has 0 aliphatic heterocycles. The van der Waals surface area contributed by atoms with E-state index in [1.54, 1.807) is 0 Å². The lowest BCUT2D eigenvalue weighted by atomic mass is 9.98. The number of hydrogen-bond donors (Lipinski definition) is 0. The van der Waals surface area contributed by atoms with Crippen LogP contribution in [0.15, 0.2) is 60.7 Å². The van der Waals surface area contributed by atoms with Gasteiger partial charge in [0.2, 0.25) is 0 Å². The predicted molar refractivity (Wildman–Crippen MR) is 91.0 cm³/mol. The van der Waals surface area contributed by atoms with Crippen molar-refractivity contribution in [3.63, 3.8) is 0 Å². The number of quaternary nitrogens is 1. The molecule has 0 saturated carbocycles.